The fourth-order valence-electron chi connectivity index (χ4n) is 4.79. The number of H-pyrrole nitrogens is 1. The van der Waals surface area contributed by atoms with Gasteiger partial charge in [-0.2, -0.15) is 5.10 Å². The van der Waals surface area contributed by atoms with Gasteiger partial charge in [0.2, 0.25) is 5.91 Å². The smallest absolute Gasteiger partial charge is 0.255 e. The maximum absolute atomic E-state index is 13.0. The number of carbonyl (C=O) groups excluding carboxylic acids is 2. The zero-order valence-electron chi connectivity index (χ0n) is 21.9. The van der Waals surface area contributed by atoms with Gasteiger partial charge in [0.05, 0.1) is 5.39 Å². The monoisotopic (exact) mass is 508 g/mol. The van der Waals surface area contributed by atoms with Crippen LogP contribution in [0.15, 0.2) is 73.4 Å². The SMILES string of the molecule is C=CC(=O)N1CCC(Nc2n[nH]c3nccc(-c4cccc(NC(=O)c5ccc(C(C)(C)C)cc5)c4)c23)C1. The summed E-state index contributed by atoms with van der Waals surface area (Å²) in [5.74, 6) is 0.468. The van der Waals surface area contributed by atoms with Crippen LogP contribution in [-0.2, 0) is 10.2 Å². The molecule has 0 spiro atoms. The molecule has 194 valence electrons. The van der Waals surface area contributed by atoms with Gasteiger partial charge in [0.1, 0.15) is 0 Å². The fraction of sp³-hybridized carbons (Fsp3) is 0.267. The Kier molecular flexibility index (Phi) is 6.72. The second kappa shape index (κ2) is 10.1. The van der Waals surface area contributed by atoms with E-state index in [4.69, 9.17) is 0 Å². The number of hydrogen-bond acceptors (Lipinski definition) is 5. The molecule has 0 radical (unpaired) electrons. The van der Waals surface area contributed by atoms with Gasteiger partial charge in [0, 0.05) is 36.6 Å². The van der Waals surface area contributed by atoms with Gasteiger partial charge in [-0.25, -0.2) is 4.98 Å². The van der Waals surface area contributed by atoms with Crippen molar-refractivity contribution in [2.45, 2.75) is 38.6 Å². The summed E-state index contributed by atoms with van der Waals surface area (Å²) in [5, 5.41) is 14.9. The van der Waals surface area contributed by atoms with Gasteiger partial charge < -0.3 is 15.5 Å². The van der Waals surface area contributed by atoms with Crippen LogP contribution in [0.2, 0.25) is 0 Å². The van der Waals surface area contributed by atoms with Crippen LogP contribution in [0.1, 0.15) is 43.1 Å². The van der Waals surface area contributed by atoms with E-state index in [-0.39, 0.29) is 23.3 Å². The minimum atomic E-state index is -0.159. The highest BCUT2D eigenvalue weighted by atomic mass is 16.2. The first-order valence-electron chi connectivity index (χ1n) is 12.8. The number of anilines is 2. The van der Waals surface area contributed by atoms with Gasteiger partial charge in [-0.05, 0) is 64.9 Å². The molecule has 1 fully saturated rings. The number of carbonyl (C=O) groups is 2. The predicted molar refractivity (Wildman–Crippen MR) is 151 cm³/mol. The maximum Gasteiger partial charge on any atom is 0.255 e. The largest absolute Gasteiger partial charge is 0.363 e. The van der Waals surface area contributed by atoms with Crippen LogP contribution in [0.25, 0.3) is 22.2 Å². The Morgan fingerprint density at radius 2 is 1.92 bits per heavy atom. The number of aromatic amines is 1. The number of nitrogens with zero attached hydrogens (tertiary/aromatic N) is 3. The number of hydrogen-bond donors (Lipinski definition) is 3. The number of pyridine rings is 1. The molecular weight excluding hydrogens is 476 g/mol. The van der Waals surface area contributed by atoms with Crippen LogP contribution in [-0.4, -0.2) is 51.0 Å². The molecule has 5 rings (SSSR count). The van der Waals surface area contributed by atoms with Crippen LogP contribution in [0.4, 0.5) is 11.5 Å². The van der Waals surface area contributed by atoms with E-state index in [0.29, 0.717) is 35.8 Å². The Bertz CT molecular complexity index is 1500. The maximum atomic E-state index is 13.0. The molecule has 3 heterocycles. The van der Waals surface area contributed by atoms with Crippen LogP contribution < -0.4 is 10.6 Å². The van der Waals surface area contributed by atoms with E-state index in [1.807, 2.05) is 54.6 Å². The number of aromatic nitrogens is 3. The average Bonchev–Trinajstić information content (AvgIpc) is 3.55. The average molecular weight is 509 g/mol. The molecule has 0 aliphatic carbocycles. The zero-order valence-corrected chi connectivity index (χ0v) is 21.9. The quantitative estimate of drug-likeness (QED) is 0.304. The van der Waals surface area contributed by atoms with E-state index >= 15 is 0 Å². The summed E-state index contributed by atoms with van der Waals surface area (Å²) < 4.78 is 0. The lowest BCUT2D eigenvalue weighted by Crippen LogP contribution is -2.30. The molecule has 2 aromatic heterocycles. The first-order valence-corrected chi connectivity index (χ1v) is 12.8. The Labute approximate surface area is 222 Å². The first kappa shape index (κ1) is 25.2. The van der Waals surface area contributed by atoms with Gasteiger partial charge in [-0.1, -0.05) is 51.6 Å². The van der Waals surface area contributed by atoms with Gasteiger partial charge in [0.25, 0.3) is 5.91 Å². The second-order valence-corrected chi connectivity index (χ2v) is 10.6. The summed E-state index contributed by atoms with van der Waals surface area (Å²) in [6.07, 6.45) is 3.91. The molecule has 0 bridgehead atoms. The molecule has 1 saturated heterocycles. The number of benzene rings is 2. The standard InChI is InChI=1S/C30H32N6O2/c1-5-25(37)36-16-14-23(18-36)32-28-26-24(13-15-31-27(26)34-35-28)20-7-6-8-22(17-20)33-29(38)19-9-11-21(12-10-19)30(2,3)4/h5-13,15,17,23H,1,14,16,18H2,2-4H3,(H,33,38)(H2,31,32,34,35). The predicted octanol–water partition coefficient (Wildman–Crippen LogP) is 5.37. The van der Waals surface area contributed by atoms with Crippen LogP contribution in [0, 0.1) is 0 Å². The van der Waals surface area contributed by atoms with Crippen molar-refractivity contribution in [3.63, 3.8) is 0 Å². The normalized spacial score (nSPS) is 15.4. The van der Waals surface area contributed by atoms with E-state index < -0.39 is 0 Å². The third-order valence-corrected chi connectivity index (χ3v) is 6.92. The van der Waals surface area contributed by atoms with Gasteiger partial charge >= 0.3 is 0 Å². The highest BCUT2D eigenvalue weighted by Crippen LogP contribution is 2.33. The molecule has 2 amide bonds. The first-order chi connectivity index (χ1) is 18.2. The van der Waals surface area contributed by atoms with Crippen molar-refractivity contribution < 1.29 is 9.59 Å². The fourth-order valence-corrected chi connectivity index (χ4v) is 4.79. The lowest BCUT2D eigenvalue weighted by Gasteiger charge is -2.19. The van der Waals surface area contributed by atoms with Crippen molar-refractivity contribution in [3.8, 4) is 11.1 Å². The van der Waals surface area contributed by atoms with E-state index in [1.165, 1.54) is 11.6 Å². The minimum Gasteiger partial charge on any atom is -0.363 e. The van der Waals surface area contributed by atoms with Crippen LogP contribution >= 0.6 is 0 Å². The van der Waals surface area contributed by atoms with E-state index in [9.17, 15) is 9.59 Å². The summed E-state index contributed by atoms with van der Waals surface area (Å²) in [4.78, 5) is 31.2. The summed E-state index contributed by atoms with van der Waals surface area (Å²) in [7, 11) is 0. The molecule has 4 aromatic rings. The Hall–Kier alpha value is -4.46. The molecule has 8 nitrogen and oxygen atoms in total. The topological polar surface area (TPSA) is 103 Å². The number of fused-ring (bicyclic) bond motifs is 1. The molecule has 38 heavy (non-hydrogen) atoms. The van der Waals surface area contributed by atoms with Crippen molar-refractivity contribution in [2.24, 2.45) is 0 Å². The van der Waals surface area contributed by atoms with Crippen molar-refractivity contribution in [1.82, 2.24) is 20.1 Å². The molecule has 3 N–H and O–H groups in total. The molecular formula is C30H32N6O2. The summed E-state index contributed by atoms with van der Waals surface area (Å²) >= 11 is 0. The molecule has 1 atom stereocenters. The summed E-state index contributed by atoms with van der Waals surface area (Å²) in [6, 6.07) is 17.5. The molecule has 2 aromatic carbocycles. The highest BCUT2D eigenvalue weighted by molar-refractivity contribution is 6.05. The second-order valence-electron chi connectivity index (χ2n) is 10.6. The van der Waals surface area contributed by atoms with Crippen LogP contribution in [0.5, 0.6) is 0 Å². The molecule has 1 aliphatic rings. The van der Waals surface area contributed by atoms with E-state index in [2.05, 4.69) is 53.2 Å². The van der Waals surface area contributed by atoms with Crippen molar-refractivity contribution >= 4 is 34.4 Å². The molecule has 1 aliphatic heterocycles. The number of nitrogens with one attached hydrogen (secondary N) is 3. The zero-order chi connectivity index (χ0) is 26.9. The van der Waals surface area contributed by atoms with Gasteiger partial charge in [-0.3, -0.25) is 14.7 Å². The van der Waals surface area contributed by atoms with Gasteiger partial charge in [-0.15, -0.1) is 0 Å². The Morgan fingerprint density at radius 1 is 1.13 bits per heavy atom. The highest BCUT2D eigenvalue weighted by Gasteiger charge is 2.26. The number of rotatable bonds is 6. The number of amides is 2. The van der Waals surface area contributed by atoms with Crippen molar-refractivity contribution in [1.29, 1.82) is 0 Å². The molecule has 1 unspecified atom stereocenters. The molecule has 8 heteroatoms. The molecule has 0 saturated carbocycles. The van der Waals surface area contributed by atoms with Gasteiger partial charge in [0.15, 0.2) is 11.5 Å². The van der Waals surface area contributed by atoms with Crippen molar-refractivity contribution in [3.05, 3.63) is 84.6 Å². The summed E-state index contributed by atoms with van der Waals surface area (Å²) in [6.45, 7) is 11.3. The van der Waals surface area contributed by atoms with Crippen LogP contribution in [0.3, 0.4) is 0 Å². The Morgan fingerprint density at radius 3 is 2.66 bits per heavy atom. The Balaban J connectivity index is 1.38. The lowest BCUT2D eigenvalue weighted by atomic mass is 9.87. The van der Waals surface area contributed by atoms with Crippen molar-refractivity contribution in [2.75, 3.05) is 23.7 Å². The van der Waals surface area contributed by atoms with E-state index in [0.717, 1.165) is 22.9 Å². The minimum absolute atomic E-state index is 0.0279. The third kappa shape index (κ3) is 5.16. The lowest BCUT2D eigenvalue weighted by molar-refractivity contribution is -0.125. The number of likely N-dealkylation sites (tertiary alicyclic amines) is 1. The third-order valence-electron chi connectivity index (χ3n) is 6.92. The van der Waals surface area contributed by atoms with E-state index in [1.54, 1.807) is 11.1 Å². The summed E-state index contributed by atoms with van der Waals surface area (Å²) in [5.41, 5.74) is 5.04.